The number of fused-ring (bicyclic) bond motifs is 1. The molecule has 206 valence electrons. The SMILES string of the molecule is O=C(N[C@H]1C2CC3CC1C[C@](OC(F)F)(C3)C2)c1ccc(N2C[C@@H]3[C@H](C2)[C@H]3C(=O)O)nc1SC1CCCC1. The predicted molar refractivity (Wildman–Crippen MR) is 137 cm³/mol. The number of aliphatic carboxylic acids is 1. The number of carboxylic acid groups (broad SMARTS) is 1. The number of halogens is 2. The summed E-state index contributed by atoms with van der Waals surface area (Å²) < 4.78 is 31.5. The van der Waals surface area contributed by atoms with Crippen molar-refractivity contribution in [2.75, 3.05) is 18.0 Å². The molecule has 8 rings (SSSR count). The molecule has 1 aliphatic heterocycles. The van der Waals surface area contributed by atoms with Crippen LogP contribution < -0.4 is 10.2 Å². The van der Waals surface area contributed by atoms with Crippen LogP contribution in [-0.4, -0.2) is 58.6 Å². The van der Waals surface area contributed by atoms with Crippen molar-refractivity contribution in [3.63, 3.8) is 0 Å². The molecule has 38 heavy (non-hydrogen) atoms. The van der Waals surface area contributed by atoms with Crippen LogP contribution in [0.1, 0.15) is 68.1 Å². The van der Waals surface area contributed by atoms with Gasteiger partial charge in [-0.15, -0.1) is 11.8 Å². The van der Waals surface area contributed by atoms with Crippen molar-refractivity contribution in [3.8, 4) is 0 Å². The highest BCUT2D eigenvalue weighted by molar-refractivity contribution is 7.99. The van der Waals surface area contributed by atoms with E-state index in [0.29, 0.717) is 49.1 Å². The van der Waals surface area contributed by atoms with Crippen LogP contribution in [0.3, 0.4) is 0 Å². The normalized spacial score (nSPS) is 39.1. The first kappa shape index (κ1) is 25.1. The number of carbonyl (C=O) groups is 2. The molecule has 10 heteroatoms. The third-order valence-electron chi connectivity index (χ3n) is 10.3. The van der Waals surface area contributed by atoms with Crippen LogP contribution in [0.4, 0.5) is 14.6 Å². The van der Waals surface area contributed by atoms with E-state index in [-0.39, 0.29) is 41.5 Å². The topological polar surface area (TPSA) is 91.8 Å². The van der Waals surface area contributed by atoms with E-state index < -0.39 is 18.2 Å². The van der Waals surface area contributed by atoms with Crippen molar-refractivity contribution in [1.82, 2.24) is 10.3 Å². The van der Waals surface area contributed by atoms with Crippen molar-refractivity contribution >= 4 is 29.5 Å². The number of aromatic nitrogens is 1. The van der Waals surface area contributed by atoms with Gasteiger partial charge in [0.2, 0.25) is 0 Å². The highest BCUT2D eigenvalue weighted by Crippen LogP contribution is 2.58. The minimum atomic E-state index is -2.75. The standard InChI is InChI=1S/C28H35F2N3O4S/c29-27(30)37-28-9-14-7-15(10-28)23(16(8-14)11-28)32-24(34)18-5-6-21(31-25(18)38-17-3-1-2-4-17)33-12-19-20(13-33)22(19)26(35)36/h5-6,14-17,19-20,22-23,27H,1-4,7-13H2,(H,32,34)(H,35,36)/t14?,15?,16?,19-,20+,22+,23-,28-. The zero-order valence-corrected chi connectivity index (χ0v) is 22.2. The number of nitrogens with one attached hydrogen (secondary N) is 1. The van der Waals surface area contributed by atoms with Gasteiger partial charge in [-0.25, -0.2) is 4.98 Å². The van der Waals surface area contributed by atoms with Gasteiger partial charge in [-0.3, -0.25) is 9.59 Å². The Morgan fingerprint density at radius 3 is 2.42 bits per heavy atom. The monoisotopic (exact) mass is 547 g/mol. The summed E-state index contributed by atoms with van der Waals surface area (Å²) in [5.74, 6) is 0.890. The van der Waals surface area contributed by atoms with Gasteiger partial charge in [0.25, 0.3) is 5.91 Å². The molecule has 2 unspecified atom stereocenters. The van der Waals surface area contributed by atoms with Crippen LogP contribution in [0.15, 0.2) is 17.2 Å². The molecule has 0 radical (unpaired) electrons. The summed E-state index contributed by atoms with van der Waals surface area (Å²) in [6.07, 6.45) is 8.44. The van der Waals surface area contributed by atoms with Gasteiger partial charge < -0.3 is 20.1 Å². The molecule has 7 fully saturated rings. The molecule has 1 aromatic heterocycles. The molecule has 1 aromatic rings. The van der Waals surface area contributed by atoms with Gasteiger partial charge in [0.15, 0.2) is 0 Å². The molecule has 1 saturated heterocycles. The molecular weight excluding hydrogens is 512 g/mol. The second kappa shape index (κ2) is 9.32. The van der Waals surface area contributed by atoms with Crippen LogP contribution in [0, 0.1) is 35.5 Å². The average Bonchev–Trinajstić information content (AvgIpc) is 3.17. The lowest BCUT2D eigenvalue weighted by atomic mass is 9.52. The second-order valence-electron chi connectivity index (χ2n) is 12.7. The summed E-state index contributed by atoms with van der Waals surface area (Å²) in [6, 6.07) is 3.76. The van der Waals surface area contributed by atoms with Gasteiger partial charge in [-0.1, -0.05) is 12.8 Å². The van der Waals surface area contributed by atoms with Crippen LogP contribution in [0.5, 0.6) is 0 Å². The van der Waals surface area contributed by atoms with E-state index in [1.54, 1.807) is 11.8 Å². The summed E-state index contributed by atoms with van der Waals surface area (Å²) >= 11 is 1.70. The van der Waals surface area contributed by atoms with Crippen LogP contribution in [0.25, 0.3) is 0 Å². The number of piperidine rings is 1. The molecule has 1 amide bonds. The Bertz CT molecular complexity index is 1100. The Hall–Kier alpha value is -1.94. The van der Waals surface area contributed by atoms with Crippen molar-refractivity contribution < 1.29 is 28.2 Å². The fourth-order valence-corrected chi connectivity index (χ4v) is 10.2. The van der Waals surface area contributed by atoms with Crippen molar-refractivity contribution in [3.05, 3.63) is 17.7 Å². The fraction of sp³-hybridized carbons (Fsp3) is 0.750. The molecule has 0 spiro atoms. The van der Waals surface area contributed by atoms with E-state index >= 15 is 0 Å². The third-order valence-corrected chi connectivity index (χ3v) is 11.7. The Labute approximate surface area is 225 Å². The Kier molecular flexibility index (Phi) is 6.15. The smallest absolute Gasteiger partial charge is 0.345 e. The zero-order chi connectivity index (χ0) is 26.2. The van der Waals surface area contributed by atoms with Crippen molar-refractivity contribution in [1.29, 1.82) is 0 Å². The third kappa shape index (κ3) is 4.39. The highest BCUT2D eigenvalue weighted by Gasteiger charge is 2.60. The first-order chi connectivity index (χ1) is 18.3. The van der Waals surface area contributed by atoms with E-state index in [1.165, 1.54) is 12.8 Å². The number of hydrogen-bond acceptors (Lipinski definition) is 6. The number of hydrogen-bond donors (Lipinski definition) is 2. The van der Waals surface area contributed by atoms with Gasteiger partial charge in [-0.2, -0.15) is 8.78 Å². The van der Waals surface area contributed by atoms with E-state index in [9.17, 15) is 23.5 Å². The number of anilines is 1. The number of amides is 1. The highest BCUT2D eigenvalue weighted by atomic mass is 32.2. The van der Waals surface area contributed by atoms with Crippen LogP contribution in [0.2, 0.25) is 0 Å². The van der Waals surface area contributed by atoms with Gasteiger partial charge in [0, 0.05) is 24.4 Å². The quantitative estimate of drug-likeness (QED) is 0.483. The Morgan fingerprint density at radius 1 is 1.11 bits per heavy atom. The minimum Gasteiger partial charge on any atom is -0.481 e. The van der Waals surface area contributed by atoms with Crippen LogP contribution >= 0.6 is 11.8 Å². The number of pyridine rings is 1. The van der Waals surface area contributed by atoms with Crippen LogP contribution in [-0.2, 0) is 9.53 Å². The summed E-state index contributed by atoms with van der Waals surface area (Å²) in [6.45, 7) is -1.36. The fourth-order valence-electron chi connectivity index (χ4n) is 8.86. The molecule has 6 saturated carbocycles. The summed E-state index contributed by atoms with van der Waals surface area (Å²) in [5.41, 5.74) is -0.139. The van der Waals surface area contributed by atoms with E-state index in [4.69, 9.17) is 9.72 Å². The van der Waals surface area contributed by atoms with E-state index in [1.807, 2.05) is 12.1 Å². The summed E-state index contributed by atoms with van der Waals surface area (Å²) in [5, 5.41) is 13.9. The maximum Gasteiger partial charge on any atom is 0.345 e. The molecule has 0 aromatic carbocycles. The number of nitrogens with zero attached hydrogens (tertiary/aromatic N) is 2. The molecule has 5 atom stereocenters. The Balaban J connectivity index is 1.09. The van der Waals surface area contributed by atoms with Gasteiger partial charge in [-0.05, 0) is 86.7 Å². The largest absolute Gasteiger partial charge is 0.481 e. The summed E-state index contributed by atoms with van der Waals surface area (Å²) in [7, 11) is 0. The lowest BCUT2D eigenvalue weighted by Gasteiger charge is -2.59. The van der Waals surface area contributed by atoms with Crippen molar-refractivity contribution in [2.45, 2.75) is 86.3 Å². The number of rotatable bonds is 8. The van der Waals surface area contributed by atoms with Gasteiger partial charge >= 0.3 is 12.6 Å². The number of carbonyl (C=O) groups excluding carboxylic acids is 1. The molecule has 7 nitrogen and oxygen atoms in total. The number of ether oxygens (including phenoxy) is 1. The maximum absolute atomic E-state index is 13.7. The molecule has 4 bridgehead atoms. The lowest BCUT2D eigenvalue weighted by molar-refractivity contribution is -0.260. The number of thioether (sulfide) groups is 1. The van der Waals surface area contributed by atoms with Gasteiger partial charge in [0.1, 0.15) is 10.8 Å². The van der Waals surface area contributed by atoms with Gasteiger partial charge in [0.05, 0.1) is 17.1 Å². The summed E-state index contributed by atoms with van der Waals surface area (Å²) in [4.78, 5) is 32.2. The molecular formula is C28H35F2N3O4S. The number of alkyl halides is 2. The first-order valence-corrected chi connectivity index (χ1v) is 15.1. The minimum absolute atomic E-state index is 0.0175. The second-order valence-corrected chi connectivity index (χ2v) is 14.0. The van der Waals surface area contributed by atoms with E-state index in [0.717, 1.165) is 36.5 Å². The number of carboxylic acids is 1. The maximum atomic E-state index is 13.7. The Morgan fingerprint density at radius 2 is 1.79 bits per heavy atom. The predicted octanol–water partition coefficient (Wildman–Crippen LogP) is 4.80. The zero-order valence-electron chi connectivity index (χ0n) is 21.4. The molecule has 7 aliphatic rings. The first-order valence-electron chi connectivity index (χ1n) is 14.2. The molecule has 6 aliphatic carbocycles. The molecule has 2 heterocycles. The average molecular weight is 548 g/mol. The van der Waals surface area contributed by atoms with E-state index in [2.05, 4.69) is 10.2 Å². The lowest BCUT2D eigenvalue weighted by Crippen LogP contribution is -2.62. The molecule has 2 N–H and O–H groups in total. The van der Waals surface area contributed by atoms with Crippen molar-refractivity contribution in [2.24, 2.45) is 35.5 Å².